The molecule has 0 aliphatic carbocycles. The summed E-state index contributed by atoms with van der Waals surface area (Å²) in [6, 6.07) is 23.5. The van der Waals surface area contributed by atoms with E-state index in [2.05, 4.69) is 62.0 Å². The molecule has 5 rings (SSSR count). The standard InChI is InChI=1S/C28H17BrFIN2O3S/c29-21-13-16(12-20-26(34)32-28(37)33(27(20)35)24-11-4-3-10-22(24)30)14-23(31)25(21)36-15-18-8-5-7-17-6-1-2-9-19(17)18/h1-14H,15H2,(H,32,34,37)/b20-12+. The molecule has 0 radical (unpaired) electrons. The van der Waals surface area contributed by atoms with Crippen molar-refractivity contribution in [1.29, 1.82) is 0 Å². The highest BCUT2D eigenvalue weighted by Crippen LogP contribution is 2.34. The van der Waals surface area contributed by atoms with E-state index in [1.54, 1.807) is 18.2 Å². The topological polar surface area (TPSA) is 58.6 Å². The largest absolute Gasteiger partial charge is 0.487 e. The third-order valence-corrected chi connectivity index (χ3v) is 7.45. The number of thiocarbonyl (C=S) groups is 1. The zero-order valence-electron chi connectivity index (χ0n) is 19.0. The van der Waals surface area contributed by atoms with Gasteiger partial charge in [0, 0.05) is 0 Å². The van der Waals surface area contributed by atoms with Gasteiger partial charge in [0.15, 0.2) is 5.11 Å². The monoisotopic (exact) mass is 686 g/mol. The van der Waals surface area contributed by atoms with Crippen molar-refractivity contribution in [1.82, 2.24) is 5.32 Å². The molecular weight excluding hydrogens is 670 g/mol. The molecule has 1 N–H and O–H groups in total. The van der Waals surface area contributed by atoms with E-state index < -0.39 is 17.6 Å². The van der Waals surface area contributed by atoms with Crippen LogP contribution in [-0.4, -0.2) is 16.9 Å². The van der Waals surface area contributed by atoms with E-state index in [9.17, 15) is 14.0 Å². The molecule has 2 amide bonds. The number of ether oxygens (including phenoxy) is 1. The van der Waals surface area contributed by atoms with E-state index in [4.69, 9.17) is 17.0 Å². The summed E-state index contributed by atoms with van der Waals surface area (Å²) in [4.78, 5) is 26.8. The van der Waals surface area contributed by atoms with Gasteiger partial charge in [0.25, 0.3) is 11.8 Å². The van der Waals surface area contributed by atoms with Crippen molar-refractivity contribution in [3.63, 3.8) is 0 Å². The summed E-state index contributed by atoms with van der Waals surface area (Å²) in [5.41, 5.74) is 1.45. The Hall–Kier alpha value is -3.15. The van der Waals surface area contributed by atoms with Gasteiger partial charge >= 0.3 is 0 Å². The molecule has 0 atom stereocenters. The Morgan fingerprint density at radius 2 is 1.76 bits per heavy atom. The second-order valence-corrected chi connectivity index (χ2v) is 10.6. The van der Waals surface area contributed by atoms with Crippen molar-refractivity contribution in [2.45, 2.75) is 6.61 Å². The normalized spacial score (nSPS) is 14.8. The van der Waals surface area contributed by atoms with E-state index in [1.807, 2.05) is 24.3 Å². The van der Waals surface area contributed by atoms with Gasteiger partial charge in [-0.05, 0) is 103 Å². The van der Waals surface area contributed by atoms with Crippen LogP contribution in [0.4, 0.5) is 10.1 Å². The van der Waals surface area contributed by atoms with Crippen LogP contribution in [0.15, 0.2) is 88.9 Å². The van der Waals surface area contributed by atoms with Crippen LogP contribution >= 0.6 is 50.7 Å². The summed E-state index contributed by atoms with van der Waals surface area (Å²) in [7, 11) is 0. The Morgan fingerprint density at radius 1 is 1.03 bits per heavy atom. The Kier molecular flexibility index (Phi) is 7.36. The van der Waals surface area contributed by atoms with Gasteiger partial charge in [-0.15, -0.1) is 0 Å². The molecule has 4 aromatic carbocycles. The van der Waals surface area contributed by atoms with E-state index >= 15 is 0 Å². The summed E-state index contributed by atoms with van der Waals surface area (Å²) in [5.74, 6) is -1.34. The molecule has 0 spiro atoms. The minimum absolute atomic E-state index is 0.0312. The number of para-hydroxylation sites is 1. The summed E-state index contributed by atoms with van der Waals surface area (Å²) in [6.45, 7) is 0.367. The SMILES string of the molecule is O=C1NC(=S)N(c2ccccc2F)C(=O)/C1=C/c1cc(Br)c(OCc2cccc3ccccc23)c(I)c1. The van der Waals surface area contributed by atoms with Crippen LogP contribution in [0.3, 0.4) is 0 Å². The predicted molar refractivity (Wildman–Crippen MR) is 158 cm³/mol. The van der Waals surface area contributed by atoms with Crippen LogP contribution in [0.25, 0.3) is 16.8 Å². The molecule has 0 saturated carbocycles. The fourth-order valence-corrected chi connectivity index (χ4v) is 6.09. The van der Waals surface area contributed by atoms with E-state index in [1.165, 1.54) is 24.3 Å². The van der Waals surface area contributed by atoms with Gasteiger partial charge in [-0.25, -0.2) is 9.29 Å². The maximum absolute atomic E-state index is 14.4. The van der Waals surface area contributed by atoms with Crippen molar-refractivity contribution in [2.75, 3.05) is 4.90 Å². The molecule has 0 bridgehead atoms. The maximum atomic E-state index is 14.4. The highest BCUT2D eigenvalue weighted by Gasteiger charge is 2.35. The van der Waals surface area contributed by atoms with E-state index in [0.717, 1.165) is 24.8 Å². The van der Waals surface area contributed by atoms with Gasteiger partial charge in [0.05, 0.1) is 13.7 Å². The number of hydrogen-bond donors (Lipinski definition) is 1. The molecule has 1 saturated heterocycles. The number of anilines is 1. The van der Waals surface area contributed by atoms with Crippen molar-refractivity contribution in [2.24, 2.45) is 0 Å². The van der Waals surface area contributed by atoms with Crippen LogP contribution in [0.5, 0.6) is 5.75 Å². The van der Waals surface area contributed by atoms with Crippen LogP contribution in [-0.2, 0) is 16.2 Å². The highest BCUT2D eigenvalue weighted by atomic mass is 127. The Labute approximate surface area is 239 Å². The zero-order valence-corrected chi connectivity index (χ0v) is 23.6. The lowest BCUT2D eigenvalue weighted by atomic mass is 10.1. The molecular formula is C28H17BrFIN2O3S. The van der Waals surface area contributed by atoms with Crippen molar-refractivity contribution in [3.8, 4) is 5.75 Å². The molecule has 1 heterocycles. The van der Waals surface area contributed by atoms with Gasteiger partial charge in [-0.3, -0.25) is 14.9 Å². The molecule has 1 aliphatic heterocycles. The molecule has 0 aromatic heterocycles. The minimum atomic E-state index is -0.707. The Morgan fingerprint density at radius 3 is 2.54 bits per heavy atom. The average molecular weight is 687 g/mol. The fraction of sp³-hybridized carbons (Fsp3) is 0.0357. The van der Waals surface area contributed by atoms with Crippen LogP contribution in [0.2, 0.25) is 0 Å². The second kappa shape index (κ2) is 10.7. The Balaban J connectivity index is 1.43. The minimum Gasteiger partial charge on any atom is -0.487 e. The number of hydrogen-bond acceptors (Lipinski definition) is 4. The molecule has 5 nitrogen and oxygen atoms in total. The lowest BCUT2D eigenvalue weighted by Gasteiger charge is -2.29. The molecule has 37 heavy (non-hydrogen) atoms. The molecule has 0 unspecified atom stereocenters. The molecule has 1 aliphatic rings. The third kappa shape index (κ3) is 5.16. The van der Waals surface area contributed by atoms with Gasteiger partial charge in [0.2, 0.25) is 0 Å². The number of benzene rings is 4. The number of amides is 2. The number of nitrogens with one attached hydrogen (secondary N) is 1. The lowest BCUT2D eigenvalue weighted by molar-refractivity contribution is -0.122. The van der Waals surface area contributed by atoms with E-state index in [0.29, 0.717) is 22.4 Å². The van der Waals surface area contributed by atoms with E-state index in [-0.39, 0.29) is 16.4 Å². The quantitative estimate of drug-likeness (QED) is 0.109. The highest BCUT2D eigenvalue weighted by molar-refractivity contribution is 14.1. The number of carbonyl (C=O) groups is 2. The number of fused-ring (bicyclic) bond motifs is 1. The van der Waals surface area contributed by atoms with Crippen LogP contribution in [0.1, 0.15) is 11.1 Å². The number of nitrogens with zero attached hydrogens (tertiary/aromatic N) is 1. The first-order valence-corrected chi connectivity index (χ1v) is 13.4. The first kappa shape index (κ1) is 25.5. The van der Waals surface area contributed by atoms with Gasteiger partial charge in [0.1, 0.15) is 23.7 Å². The van der Waals surface area contributed by atoms with Crippen molar-refractivity contribution in [3.05, 3.63) is 109 Å². The molecule has 9 heteroatoms. The summed E-state index contributed by atoms with van der Waals surface area (Å²) in [6.07, 6.45) is 1.45. The number of carbonyl (C=O) groups excluding carboxylic acids is 2. The Bertz CT molecular complexity index is 1600. The third-order valence-electron chi connectivity index (χ3n) is 5.78. The smallest absolute Gasteiger partial charge is 0.270 e. The van der Waals surface area contributed by atoms with Gasteiger partial charge in [-0.2, -0.15) is 0 Å². The maximum Gasteiger partial charge on any atom is 0.270 e. The average Bonchev–Trinajstić information content (AvgIpc) is 2.87. The van der Waals surface area contributed by atoms with Crippen LogP contribution < -0.4 is 15.0 Å². The number of halogens is 3. The first-order chi connectivity index (χ1) is 17.8. The lowest BCUT2D eigenvalue weighted by Crippen LogP contribution is -2.54. The first-order valence-electron chi connectivity index (χ1n) is 11.1. The zero-order chi connectivity index (χ0) is 26.1. The van der Waals surface area contributed by atoms with Gasteiger partial charge < -0.3 is 4.74 Å². The summed E-state index contributed by atoms with van der Waals surface area (Å²) >= 11 is 10.9. The molecule has 184 valence electrons. The molecule has 1 fully saturated rings. The summed E-state index contributed by atoms with van der Waals surface area (Å²) in [5, 5.41) is 4.56. The van der Waals surface area contributed by atoms with Crippen molar-refractivity contribution < 1.29 is 18.7 Å². The van der Waals surface area contributed by atoms with Gasteiger partial charge in [-0.1, -0.05) is 54.6 Å². The second-order valence-electron chi connectivity index (χ2n) is 8.15. The van der Waals surface area contributed by atoms with Crippen LogP contribution in [0, 0.1) is 9.39 Å². The van der Waals surface area contributed by atoms with Crippen molar-refractivity contribution >= 4 is 90.2 Å². The predicted octanol–water partition coefficient (Wildman–Crippen LogP) is 6.76. The summed E-state index contributed by atoms with van der Waals surface area (Å²) < 4.78 is 22.0. The fourth-order valence-electron chi connectivity index (χ4n) is 4.04. The number of rotatable bonds is 5. The molecule has 4 aromatic rings.